The van der Waals surface area contributed by atoms with Crippen molar-refractivity contribution in [3.05, 3.63) is 23.2 Å². The third-order valence-corrected chi connectivity index (χ3v) is 3.84. The Bertz CT molecular complexity index is 601. The third kappa shape index (κ3) is 6.33. The largest absolute Gasteiger partial charge is 0.330 e. The number of rotatable bonds is 7. The number of halogens is 1. The third-order valence-electron chi connectivity index (χ3n) is 2.93. The molecule has 0 aromatic heterocycles. The molecule has 4 N–H and O–H groups in total. The summed E-state index contributed by atoms with van der Waals surface area (Å²) in [5.74, 6) is -0.00108. The van der Waals surface area contributed by atoms with E-state index < -0.39 is 10.0 Å². The quantitative estimate of drug-likeness (QED) is 0.710. The molecule has 0 fully saturated rings. The maximum absolute atomic E-state index is 11.8. The molecule has 0 heterocycles. The van der Waals surface area contributed by atoms with Gasteiger partial charge in [0.25, 0.3) is 0 Å². The standard InChI is InChI=1S/C13H20ClN3O3S/c1-3-9(8-15)6-13(18)16-10-4-5-12(11(14)7-10)17-21(2,19)20/h4-5,7,9,17H,3,6,8,15H2,1-2H3,(H,16,18). The predicted molar refractivity (Wildman–Crippen MR) is 86.0 cm³/mol. The molecule has 1 unspecified atom stereocenters. The fourth-order valence-electron chi connectivity index (χ4n) is 1.74. The number of nitrogens with one attached hydrogen (secondary N) is 2. The summed E-state index contributed by atoms with van der Waals surface area (Å²) in [4.78, 5) is 11.8. The van der Waals surface area contributed by atoms with Crippen molar-refractivity contribution in [3.63, 3.8) is 0 Å². The molecule has 0 spiro atoms. The van der Waals surface area contributed by atoms with Crippen LogP contribution in [0.1, 0.15) is 19.8 Å². The van der Waals surface area contributed by atoms with Gasteiger partial charge in [0.05, 0.1) is 17.0 Å². The predicted octanol–water partition coefficient (Wildman–Crippen LogP) is 2.03. The number of carbonyl (C=O) groups excluding carboxylic acids is 1. The average molecular weight is 334 g/mol. The van der Waals surface area contributed by atoms with Gasteiger partial charge in [0.2, 0.25) is 15.9 Å². The molecular formula is C13H20ClN3O3S. The number of carbonyl (C=O) groups is 1. The number of hydrogen-bond donors (Lipinski definition) is 3. The first-order valence-corrected chi connectivity index (χ1v) is 8.79. The Morgan fingerprint density at radius 2 is 2.10 bits per heavy atom. The number of benzene rings is 1. The van der Waals surface area contributed by atoms with Crippen molar-refractivity contribution in [2.24, 2.45) is 11.7 Å². The number of anilines is 2. The van der Waals surface area contributed by atoms with Crippen LogP contribution in [0, 0.1) is 5.92 Å². The first-order chi connectivity index (χ1) is 9.75. The number of amides is 1. The van der Waals surface area contributed by atoms with Gasteiger partial charge in [-0.15, -0.1) is 0 Å². The molecule has 1 atom stereocenters. The second kappa shape index (κ2) is 7.63. The van der Waals surface area contributed by atoms with Crippen LogP contribution in [0.15, 0.2) is 18.2 Å². The second-order valence-corrected chi connectivity index (χ2v) is 6.99. The zero-order chi connectivity index (χ0) is 16.0. The highest BCUT2D eigenvalue weighted by atomic mass is 35.5. The van der Waals surface area contributed by atoms with Crippen LogP contribution in [0.2, 0.25) is 5.02 Å². The molecule has 8 heteroatoms. The molecule has 0 radical (unpaired) electrons. The molecule has 1 rings (SSSR count). The minimum absolute atomic E-state index is 0.145. The second-order valence-electron chi connectivity index (χ2n) is 4.83. The lowest BCUT2D eigenvalue weighted by atomic mass is 10.0. The fraction of sp³-hybridized carbons (Fsp3) is 0.462. The lowest BCUT2D eigenvalue weighted by Crippen LogP contribution is -2.21. The van der Waals surface area contributed by atoms with Crippen LogP contribution >= 0.6 is 11.6 Å². The van der Waals surface area contributed by atoms with Gasteiger partial charge in [0, 0.05) is 12.1 Å². The van der Waals surface area contributed by atoms with Gasteiger partial charge in [0.1, 0.15) is 0 Å². The van der Waals surface area contributed by atoms with E-state index in [0.29, 0.717) is 18.7 Å². The van der Waals surface area contributed by atoms with Gasteiger partial charge in [-0.1, -0.05) is 24.9 Å². The SMILES string of the molecule is CCC(CN)CC(=O)Nc1ccc(NS(C)(=O)=O)c(Cl)c1. The van der Waals surface area contributed by atoms with Crippen molar-refractivity contribution in [2.75, 3.05) is 22.8 Å². The van der Waals surface area contributed by atoms with Gasteiger partial charge < -0.3 is 11.1 Å². The summed E-state index contributed by atoms with van der Waals surface area (Å²) in [6.45, 7) is 2.44. The van der Waals surface area contributed by atoms with Gasteiger partial charge in [0.15, 0.2) is 0 Å². The van der Waals surface area contributed by atoms with Crippen LogP contribution in [0.3, 0.4) is 0 Å². The fourth-order valence-corrected chi connectivity index (χ4v) is 2.61. The lowest BCUT2D eigenvalue weighted by Gasteiger charge is -2.13. The maximum atomic E-state index is 11.8. The van der Waals surface area contributed by atoms with Crippen molar-refractivity contribution in [2.45, 2.75) is 19.8 Å². The topological polar surface area (TPSA) is 101 Å². The number of nitrogens with two attached hydrogens (primary N) is 1. The molecule has 21 heavy (non-hydrogen) atoms. The normalized spacial score (nSPS) is 12.8. The number of sulfonamides is 1. The van der Waals surface area contributed by atoms with Crippen LogP contribution in [0.5, 0.6) is 0 Å². The monoisotopic (exact) mass is 333 g/mol. The average Bonchev–Trinajstić information content (AvgIpc) is 2.38. The molecule has 118 valence electrons. The lowest BCUT2D eigenvalue weighted by molar-refractivity contribution is -0.117. The zero-order valence-electron chi connectivity index (χ0n) is 12.0. The van der Waals surface area contributed by atoms with E-state index in [1.807, 2.05) is 6.92 Å². The van der Waals surface area contributed by atoms with Gasteiger partial charge in [-0.2, -0.15) is 0 Å². The molecule has 0 aliphatic carbocycles. The zero-order valence-corrected chi connectivity index (χ0v) is 13.6. The molecule has 1 aromatic rings. The Hall–Kier alpha value is -1.31. The summed E-state index contributed by atoms with van der Waals surface area (Å²) < 4.78 is 24.6. The molecule has 0 bridgehead atoms. The van der Waals surface area contributed by atoms with E-state index in [4.69, 9.17) is 17.3 Å². The highest BCUT2D eigenvalue weighted by Gasteiger charge is 2.12. The van der Waals surface area contributed by atoms with Crippen molar-refractivity contribution in [3.8, 4) is 0 Å². The highest BCUT2D eigenvalue weighted by molar-refractivity contribution is 7.92. The van der Waals surface area contributed by atoms with Crippen molar-refractivity contribution in [1.82, 2.24) is 0 Å². The van der Waals surface area contributed by atoms with Crippen LogP contribution in [0.4, 0.5) is 11.4 Å². The Kier molecular flexibility index (Phi) is 6.44. The van der Waals surface area contributed by atoms with Crippen LogP contribution in [0.25, 0.3) is 0 Å². The first kappa shape index (κ1) is 17.7. The minimum Gasteiger partial charge on any atom is -0.330 e. The van der Waals surface area contributed by atoms with Crippen molar-refractivity contribution >= 4 is 38.9 Å². The van der Waals surface area contributed by atoms with E-state index >= 15 is 0 Å². The van der Waals surface area contributed by atoms with Gasteiger partial charge in [-0.05, 0) is 30.7 Å². The Labute approximate surface area is 130 Å². The van der Waals surface area contributed by atoms with Gasteiger partial charge in [-0.3, -0.25) is 9.52 Å². The van der Waals surface area contributed by atoms with E-state index in [-0.39, 0.29) is 22.5 Å². The Balaban J connectivity index is 2.74. The maximum Gasteiger partial charge on any atom is 0.229 e. The minimum atomic E-state index is -3.39. The van der Waals surface area contributed by atoms with Crippen LogP contribution in [-0.4, -0.2) is 27.1 Å². The van der Waals surface area contributed by atoms with Crippen molar-refractivity contribution < 1.29 is 13.2 Å². The van der Waals surface area contributed by atoms with Crippen molar-refractivity contribution in [1.29, 1.82) is 0 Å². The van der Waals surface area contributed by atoms with E-state index in [0.717, 1.165) is 12.7 Å². The molecule has 0 aliphatic rings. The van der Waals surface area contributed by atoms with Gasteiger partial charge in [-0.25, -0.2) is 8.42 Å². The van der Waals surface area contributed by atoms with E-state index in [1.165, 1.54) is 12.1 Å². The first-order valence-electron chi connectivity index (χ1n) is 6.52. The summed E-state index contributed by atoms with van der Waals surface area (Å²) in [6, 6.07) is 4.58. The molecule has 1 aromatic carbocycles. The van der Waals surface area contributed by atoms with Gasteiger partial charge >= 0.3 is 0 Å². The summed E-state index contributed by atoms with van der Waals surface area (Å²) >= 11 is 5.98. The van der Waals surface area contributed by atoms with E-state index in [9.17, 15) is 13.2 Å². The van der Waals surface area contributed by atoms with Crippen LogP contribution in [-0.2, 0) is 14.8 Å². The molecule has 0 saturated heterocycles. The van der Waals surface area contributed by atoms with Crippen LogP contribution < -0.4 is 15.8 Å². The summed E-state index contributed by atoms with van der Waals surface area (Å²) in [5.41, 5.74) is 6.34. The molecular weight excluding hydrogens is 314 g/mol. The summed E-state index contributed by atoms with van der Waals surface area (Å²) in [6.07, 6.45) is 2.21. The molecule has 1 amide bonds. The molecule has 6 nitrogen and oxygen atoms in total. The Morgan fingerprint density at radius 1 is 1.43 bits per heavy atom. The summed E-state index contributed by atoms with van der Waals surface area (Å²) in [5, 5.41) is 2.93. The summed E-state index contributed by atoms with van der Waals surface area (Å²) in [7, 11) is -3.39. The van der Waals surface area contributed by atoms with E-state index in [2.05, 4.69) is 10.0 Å². The molecule has 0 saturated carbocycles. The molecule has 0 aliphatic heterocycles. The smallest absolute Gasteiger partial charge is 0.229 e. The number of hydrogen-bond acceptors (Lipinski definition) is 4. The highest BCUT2D eigenvalue weighted by Crippen LogP contribution is 2.26. The Morgan fingerprint density at radius 3 is 2.57 bits per heavy atom. The van der Waals surface area contributed by atoms with E-state index in [1.54, 1.807) is 6.07 Å².